The van der Waals surface area contributed by atoms with Crippen molar-refractivity contribution < 1.29 is 19.1 Å². The summed E-state index contributed by atoms with van der Waals surface area (Å²) in [6.07, 6.45) is 0.310. The van der Waals surface area contributed by atoms with Gasteiger partial charge in [0.25, 0.3) is 0 Å². The number of hydrogen-bond acceptors (Lipinski definition) is 5. The van der Waals surface area contributed by atoms with Gasteiger partial charge in [0.05, 0.1) is 20.3 Å². The quantitative estimate of drug-likeness (QED) is 0.633. The van der Waals surface area contributed by atoms with Gasteiger partial charge in [-0.25, -0.2) is 9.59 Å². The second kappa shape index (κ2) is 6.59. The van der Waals surface area contributed by atoms with E-state index < -0.39 is 17.5 Å². The lowest BCUT2D eigenvalue weighted by molar-refractivity contribution is -0.166. The molecule has 1 atom stereocenters. The Balaban J connectivity index is 2.11. The fourth-order valence-electron chi connectivity index (χ4n) is 3.46. The van der Waals surface area contributed by atoms with Gasteiger partial charge < -0.3 is 14.4 Å². The number of carbonyl (C=O) groups excluding carboxylic acids is 2. The Morgan fingerprint density at radius 3 is 2.04 bits per heavy atom. The molecule has 1 fully saturated rings. The van der Waals surface area contributed by atoms with Crippen molar-refractivity contribution >= 4 is 17.6 Å². The minimum atomic E-state index is -1.46. The van der Waals surface area contributed by atoms with Gasteiger partial charge >= 0.3 is 11.9 Å². The second-order valence-corrected chi connectivity index (χ2v) is 6.18. The molecule has 5 heteroatoms. The number of methoxy groups -OCH3 is 2. The minimum absolute atomic E-state index is 0.109. The number of esters is 2. The molecule has 5 nitrogen and oxygen atoms in total. The number of hydrogen-bond donors (Lipinski definition) is 0. The van der Waals surface area contributed by atoms with Crippen molar-refractivity contribution in [1.82, 2.24) is 0 Å². The molecular weight excluding hydrogens is 318 g/mol. The summed E-state index contributed by atoms with van der Waals surface area (Å²) < 4.78 is 9.92. The molecule has 2 aromatic carbocycles. The van der Waals surface area contributed by atoms with E-state index in [1.54, 1.807) is 4.90 Å². The standard InChI is InChI=1S/C20H21NO4/c1-14-9-11-16(12-10-14)21-17(15-7-5-4-6-8-15)13-20(21,18(22)24-2)19(23)25-3/h4-12,17H,13H2,1-3H3/t17-/m0/s1. The summed E-state index contributed by atoms with van der Waals surface area (Å²) in [6, 6.07) is 17.4. The SMILES string of the molecule is COC(=O)C1(C(=O)OC)C[C@@H](c2ccccc2)N1c1ccc(C)cc1. The third-order valence-corrected chi connectivity index (χ3v) is 4.75. The normalized spacial score (nSPS) is 18.2. The van der Waals surface area contributed by atoms with Crippen LogP contribution in [-0.2, 0) is 19.1 Å². The van der Waals surface area contributed by atoms with Crippen LogP contribution >= 0.6 is 0 Å². The molecule has 1 heterocycles. The monoisotopic (exact) mass is 339 g/mol. The van der Waals surface area contributed by atoms with E-state index in [9.17, 15) is 9.59 Å². The van der Waals surface area contributed by atoms with E-state index in [2.05, 4.69) is 0 Å². The molecule has 3 rings (SSSR count). The van der Waals surface area contributed by atoms with Crippen LogP contribution in [0.4, 0.5) is 5.69 Å². The van der Waals surface area contributed by atoms with Crippen molar-refractivity contribution in [2.45, 2.75) is 24.9 Å². The Morgan fingerprint density at radius 1 is 0.960 bits per heavy atom. The predicted octanol–water partition coefficient (Wildman–Crippen LogP) is 3.03. The average Bonchev–Trinajstić information content (AvgIpc) is 2.63. The Hall–Kier alpha value is -2.82. The van der Waals surface area contributed by atoms with E-state index in [1.165, 1.54) is 14.2 Å². The van der Waals surface area contributed by atoms with Crippen molar-refractivity contribution in [3.63, 3.8) is 0 Å². The van der Waals surface area contributed by atoms with Crippen LogP contribution in [-0.4, -0.2) is 31.7 Å². The van der Waals surface area contributed by atoms with E-state index in [0.717, 1.165) is 16.8 Å². The molecule has 0 radical (unpaired) electrons. The van der Waals surface area contributed by atoms with Gasteiger partial charge in [0.1, 0.15) is 0 Å². The summed E-state index contributed by atoms with van der Waals surface area (Å²) in [5.41, 5.74) is 1.45. The Kier molecular flexibility index (Phi) is 4.49. The molecule has 130 valence electrons. The first kappa shape index (κ1) is 17.0. The Morgan fingerprint density at radius 2 is 1.52 bits per heavy atom. The third-order valence-electron chi connectivity index (χ3n) is 4.75. The van der Waals surface area contributed by atoms with Gasteiger partial charge in [-0.05, 0) is 24.6 Å². The number of aryl methyl sites for hydroxylation is 1. The van der Waals surface area contributed by atoms with E-state index in [1.807, 2.05) is 61.5 Å². The topological polar surface area (TPSA) is 55.8 Å². The molecule has 0 aliphatic carbocycles. The van der Waals surface area contributed by atoms with Gasteiger partial charge in [-0.15, -0.1) is 0 Å². The summed E-state index contributed by atoms with van der Waals surface area (Å²) in [5.74, 6) is -1.21. The molecule has 2 aromatic rings. The van der Waals surface area contributed by atoms with Crippen molar-refractivity contribution in [2.75, 3.05) is 19.1 Å². The highest BCUT2D eigenvalue weighted by Crippen LogP contribution is 2.50. The third kappa shape index (κ3) is 2.65. The second-order valence-electron chi connectivity index (χ2n) is 6.18. The fraction of sp³-hybridized carbons (Fsp3) is 0.300. The van der Waals surface area contributed by atoms with Crippen LogP contribution in [0.15, 0.2) is 54.6 Å². The zero-order valence-electron chi connectivity index (χ0n) is 14.6. The Labute approximate surface area is 147 Å². The molecule has 1 aliphatic heterocycles. The molecule has 0 N–H and O–H groups in total. The number of benzene rings is 2. The predicted molar refractivity (Wildman–Crippen MR) is 94.2 cm³/mol. The number of nitrogens with zero attached hydrogens (tertiary/aromatic N) is 1. The van der Waals surface area contributed by atoms with Gasteiger partial charge in [-0.1, -0.05) is 48.0 Å². The highest BCUT2D eigenvalue weighted by atomic mass is 16.5. The molecule has 0 saturated carbocycles. The van der Waals surface area contributed by atoms with Crippen molar-refractivity contribution in [3.8, 4) is 0 Å². The van der Waals surface area contributed by atoms with Crippen LogP contribution < -0.4 is 4.90 Å². The van der Waals surface area contributed by atoms with Crippen LogP contribution in [0.5, 0.6) is 0 Å². The largest absolute Gasteiger partial charge is 0.467 e. The van der Waals surface area contributed by atoms with Gasteiger partial charge in [0, 0.05) is 12.1 Å². The van der Waals surface area contributed by atoms with Crippen LogP contribution in [0.25, 0.3) is 0 Å². The zero-order valence-corrected chi connectivity index (χ0v) is 14.6. The maximum Gasteiger partial charge on any atom is 0.343 e. The highest BCUT2D eigenvalue weighted by Gasteiger charge is 2.64. The summed E-state index contributed by atoms with van der Waals surface area (Å²) in [7, 11) is 2.58. The molecule has 0 spiro atoms. The zero-order chi connectivity index (χ0) is 18.0. The van der Waals surface area contributed by atoms with E-state index in [-0.39, 0.29) is 6.04 Å². The van der Waals surface area contributed by atoms with Crippen LogP contribution in [0.3, 0.4) is 0 Å². The van der Waals surface area contributed by atoms with Gasteiger partial charge in [-0.3, -0.25) is 0 Å². The number of anilines is 1. The summed E-state index contributed by atoms with van der Waals surface area (Å²) in [4.78, 5) is 27.0. The van der Waals surface area contributed by atoms with Crippen LogP contribution in [0.1, 0.15) is 23.6 Å². The molecule has 25 heavy (non-hydrogen) atoms. The highest BCUT2D eigenvalue weighted by molar-refractivity contribution is 6.10. The van der Waals surface area contributed by atoms with E-state index in [0.29, 0.717) is 6.42 Å². The van der Waals surface area contributed by atoms with Gasteiger partial charge in [-0.2, -0.15) is 0 Å². The lowest BCUT2D eigenvalue weighted by Crippen LogP contribution is -2.71. The first-order valence-electron chi connectivity index (χ1n) is 8.12. The number of ether oxygens (including phenoxy) is 2. The lowest BCUT2D eigenvalue weighted by atomic mass is 9.74. The molecular formula is C20H21NO4. The summed E-state index contributed by atoms with van der Waals surface area (Å²) in [5, 5.41) is 0. The first-order chi connectivity index (χ1) is 12.0. The lowest BCUT2D eigenvalue weighted by Gasteiger charge is -2.55. The molecule has 1 aliphatic rings. The van der Waals surface area contributed by atoms with Gasteiger partial charge in [0.2, 0.25) is 5.54 Å². The summed E-state index contributed by atoms with van der Waals surface area (Å²) >= 11 is 0. The molecule has 0 amide bonds. The van der Waals surface area contributed by atoms with Crippen molar-refractivity contribution in [3.05, 3.63) is 65.7 Å². The molecule has 1 saturated heterocycles. The van der Waals surface area contributed by atoms with Crippen LogP contribution in [0.2, 0.25) is 0 Å². The molecule has 0 bridgehead atoms. The maximum absolute atomic E-state index is 12.6. The number of rotatable bonds is 4. The maximum atomic E-state index is 12.6. The van der Waals surface area contributed by atoms with E-state index in [4.69, 9.17) is 9.47 Å². The molecule has 0 unspecified atom stereocenters. The number of carbonyl (C=O) groups is 2. The van der Waals surface area contributed by atoms with E-state index >= 15 is 0 Å². The Bertz CT molecular complexity index is 754. The first-order valence-corrected chi connectivity index (χ1v) is 8.12. The van der Waals surface area contributed by atoms with Crippen LogP contribution in [0, 0.1) is 6.92 Å². The van der Waals surface area contributed by atoms with Crippen molar-refractivity contribution in [2.24, 2.45) is 0 Å². The summed E-state index contributed by atoms with van der Waals surface area (Å²) in [6.45, 7) is 1.99. The average molecular weight is 339 g/mol. The smallest absolute Gasteiger partial charge is 0.343 e. The molecule has 0 aromatic heterocycles. The fourth-order valence-corrected chi connectivity index (χ4v) is 3.46. The van der Waals surface area contributed by atoms with Gasteiger partial charge in [0.15, 0.2) is 0 Å². The minimum Gasteiger partial charge on any atom is -0.467 e. The van der Waals surface area contributed by atoms with Crippen molar-refractivity contribution in [1.29, 1.82) is 0 Å².